The Hall–Kier alpha value is -1.41. The molecule has 0 fully saturated rings. The second-order valence-electron chi connectivity index (χ2n) is 5.25. The van der Waals surface area contributed by atoms with Gasteiger partial charge in [-0.3, -0.25) is 0 Å². The number of hydrogen-bond donors (Lipinski definition) is 1. The van der Waals surface area contributed by atoms with Gasteiger partial charge in [-0.1, -0.05) is 24.3 Å². The number of benzene rings is 2. The number of phenolic OH excluding ortho intramolecular Hbond substituents is 1. The van der Waals surface area contributed by atoms with Crippen LogP contribution in [0.15, 0.2) is 41.3 Å². The van der Waals surface area contributed by atoms with Gasteiger partial charge >= 0.3 is 0 Å². The lowest BCUT2D eigenvalue weighted by molar-refractivity contribution is 0.470. The van der Waals surface area contributed by atoms with Crippen LogP contribution in [0.4, 0.5) is 0 Å². The third kappa shape index (κ3) is 2.37. The fraction of sp³-hybridized carbons (Fsp3) is 0.294. The summed E-state index contributed by atoms with van der Waals surface area (Å²) in [5, 5.41) is 10.3. The molecule has 0 bridgehead atoms. The van der Waals surface area contributed by atoms with E-state index in [0.717, 1.165) is 18.4 Å². The van der Waals surface area contributed by atoms with E-state index in [-0.39, 0.29) is 0 Å². The molecule has 1 unspecified atom stereocenters. The molecule has 0 aromatic heterocycles. The number of hydrogen-bond acceptors (Lipinski definition) is 2. The van der Waals surface area contributed by atoms with Crippen LogP contribution in [0.3, 0.4) is 0 Å². The normalized spacial score (nSPS) is 17.5. The number of thioether (sulfide) groups is 1. The number of aromatic hydroxyl groups is 1. The van der Waals surface area contributed by atoms with Crippen LogP contribution in [0.25, 0.3) is 0 Å². The third-order valence-corrected chi connectivity index (χ3v) is 5.35. The molecule has 1 nitrogen and oxygen atoms in total. The zero-order chi connectivity index (χ0) is 13.4. The lowest BCUT2D eigenvalue weighted by atomic mass is 9.97. The van der Waals surface area contributed by atoms with E-state index in [1.54, 1.807) is 0 Å². The van der Waals surface area contributed by atoms with Crippen LogP contribution in [0.1, 0.15) is 22.3 Å². The van der Waals surface area contributed by atoms with Crippen molar-refractivity contribution in [3.63, 3.8) is 0 Å². The van der Waals surface area contributed by atoms with Gasteiger partial charge in [0.1, 0.15) is 5.75 Å². The minimum absolute atomic E-state index is 0.406. The van der Waals surface area contributed by atoms with Gasteiger partial charge in [-0.25, -0.2) is 0 Å². The SMILES string of the molecule is Cc1c(O)ccc(CC2Cc3ccccc3S2)c1C. The van der Waals surface area contributed by atoms with Crippen LogP contribution in [-0.2, 0) is 12.8 Å². The highest BCUT2D eigenvalue weighted by molar-refractivity contribution is 8.00. The van der Waals surface area contributed by atoms with Crippen molar-refractivity contribution in [2.75, 3.05) is 0 Å². The number of fused-ring (bicyclic) bond motifs is 1. The maximum absolute atomic E-state index is 9.72. The van der Waals surface area contributed by atoms with E-state index < -0.39 is 0 Å². The first-order chi connectivity index (χ1) is 9.15. The molecule has 0 aliphatic carbocycles. The van der Waals surface area contributed by atoms with Crippen molar-refractivity contribution in [1.82, 2.24) is 0 Å². The third-order valence-electron chi connectivity index (χ3n) is 4.03. The fourth-order valence-electron chi connectivity index (χ4n) is 2.70. The van der Waals surface area contributed by atoms with Crippen molar-refractivity contribution in [2.24, 2.45) is 0 Å². The van der Waals surface area contributed by atoms with Crippen molar-refractivity contribution < 1.29 is 5.11 Å². The summed E-state index contributed by atoms with van der Waals surface area (Å²) in [6.45, 7) is 4.10. The topological polar surface area (TPSA) is 20.2 Å². The van der Waals surface area contributed by atoms with Crippen molar-refractivity contribution in [3.05, 3.63) is 58.7 Å². The van der Waals surface area contributed by atoms with E-state index in [9.17, 15) is 5.11 Å². The first kappa shape index (κ1) is 12.6. The van der Waals surface area contributed by atoms with Crippen molar-refractivity contribution >= 4 is 11.8 Å². The van der Waals surface area contributed by atoms with Gasteiger partial charge in [0, 0.05) is 10.1 Å². The average molecular weight is 270 g/mol. The van der Waals surface area contributed by atoms with Gasteiger partial charge in [-0.2, -0.15) is 0 Å². The van der Waals surface area contributed by atoms with Crippen molar-refractivity contribution in [1.29, 1.82) is 0 Å². The average Bonchev–Trinajstić information content (AvgIpc) is 2.82. The van der Waals surface area contributed by atoms with E-state index in [1.807, 2.05) is 24.8 Å². The molecule has 0 saturated heterocycles. The quantitative estimate of drug-likeness (QED) is 0.879. The van der Waals surface area contributed by atoms with Crippen molar-refractivity contribution in [3.8, 4) is 5.75 Å². The lowest BCUT2D eigenvalue weighted by Gasteiger charge is -2.13. The summed E-state index contributed by atoms with van der Waals surface area (Å²) >= 11 is 1.99. The molecule has 1 aliphatic heterocycles. The smallest absolute Gasteiger partial charge is 0.118 e. The molecule has 2 heteroatoms. The summed E-state index contributed by atoms with van der Waals surface area (Å²) in [4.78, 5) is 1.43. The zero-order valence-corrected chi connectivity index (χ0v) is 12.1. The molecule has 1 atom stereocenters. The Balaban J connectivity index is 1.80. The molecule has 0 spiro atoms. The summed E-state index contributed by atoms with van der Waals surface area (Å²) in [5.74, 6) is 0.406. The van der Waals surface area contributed by atoms with Gasteiger partial charge in [0.25, 0.3) is 0 Å². The maximum atomic E-state index is 9.72. The molecular weight excluding hydrogens is 252 g/mol. The molecule has 0 radical (unpaired) electrons. The molecular formula is C17H18OS. The van der Waals surface area contributed by atoms with Crippen LogP contribution >= 0.6 is 11.8 Å². The predicted molar refractivity (Wildman–Crippen MR) is 81.1 cm³/mol. The number of rotatable bonds is 2. The monoisotopic (exact) mass is 270 g/mol. The van der Waals surface area contributed by atoms with E-state index in [1.165, 1.54) is 21.6 Å². The molecule has 98 valence electrons. The first-order valence-electron chi connectivity index (χ1n) is 6.68. The lowest BCUT2D eigenvalue weighted by Crippen LogP contribution is -2.07. The van der Waals surface area contributed by atoms with Crippen LogP contribution in [0.5, 0.6) is 5.75 Å². The highest BCUT2D eigenvalue weighted by Crippen LogP contribution is 2.39. The Labute approximate surface area is 118 Å². The second-order valence-corrected chi connectivity index (χ2v) is 6.59. The number of phenols is 1. The maximum Gasteiger partial charge on any atom is 0.118 e. The van der Waals surface area contributed by atoms with Gasteiger partial charge < -0.3 is 5.11 Å². The summed E-state index contributed by atoms with van der Waals surface area (Å²) in [5.41, 5.74) is 5.08. The van der Waals surface area contributed by atoms with Crippen LogP contribution in [0, 0.1) is 13.8 Å². The molecule has 2 aromatic rings. The molecule has 3 rings (SSSR count). The van der Waals surface area contributed by atoms with Gasteiger partial charge in [0.2, 0.25) is 0 Å². The Bertz CT molecular complexity index is 594. The molecule has 19 heavy (non-hydrogen) atoms. The second kappa shape index (κ2) is 4.93. The zero-order valence-electron chi connectivity index (χ0n) is 11.3. The molecule has 0 saturated carbocycles. The standard InChI is InChI=1S/C17H18OS/c1-11-12(2)16(18)8-7-13(11)9-15-10-14-5-3-4-6-17(14)19-15/h3-8,15,18H,9-10H2,1-2H3. The minimum atomic E-state index is 0.406. The highest BCUT2D eigenvalue weighted by Gasteiger charge is 2.22. The van der Waals surface area contributed by atoms with E-state index in [2.05, 4.69) is 37.3 Å². The van der Waals surface area contributed by atoms with Crippen molar-refractivity contribution in [2.45, 2.75) is 36.8 Å². The summed E-state index contributed by atoms with van der Waals surface area (Å²) in [6.07, 6.45) is 2.23. The summed E-state index contributed by atoms with van der Waals surface area (Å²) in [6, 6.07) is 12.6. The van der Waals surface area contributed by atoms with Crippen LogP contribution in [0.2, 0.25) is 0 Å². The van der Waals surface area contributed by atoms with Gasteiger partial charge in [-0.15, -0.1) is 11.8 Å². The first-order valence-corrected chi connectivity index (χ1v) is 7.55. The van der Waals surface area contributed by atoms with E-state index in [0.29, 0.717) is 11.0 Å². The van der Waals surface area contributed by atoms with Gasteiger partial charge in [0.15, 0.2) is 0 Å². The van der Waals surface area contributed by atoms with E-state index >= 15 is 0 Å². The predicted octanol–water partition coefficient (Wildman–Crippen LogP) is 4.27. The Morgan fingerprint density at radius 3 is 2.68 bits per heavy atom. The minimum Gasteiger partial charge on any atom is -0.508 e. The summed E-state index contributed by atoms with van der Waals surface area (Å²) in [7, 11) is 0. The highest BCUT2D eigenvalue weighted by atomic mass is 32.2. The Morgan fingerprint density at radius 2 is 1.89 bits per heavy atom. The van der Waals surface area contributed by atoms with Crippen LogP contribution < -0.4 is 0 Å². The van der Waals surface area contributed by atoms with Gasteiger partial charge in [0.05, 0.1) is 0 Å². The molecule has 1 aliphatic rings. The van der Waals surface area contributed by atoms with Gasteiger partial charge in [-0.05, 0) is 61.1 Å². The fourth-order valence-corrected chi connectivity index (χ4v) is 4.04. The van der Waals surface area contributed by atoms with Crippen LogP contribution in [-0.4, -0.2) is 10.4 Å². The largest absolute Gasteiger partial charge is 0.508 e. The molecule has 1 heterocycles. The summed E-state index contributed by atoms with van der Waals surface area (Å²) < 4.78 is 0. The Kier molecular flexibility index (Phi) is 3.28. The molecule has 0 amide bonds. The Morgan fingerprint density at radius 1 is 1.11 bits per heavy atom. The molecule has 1 N–H and O–H groups in total. The van der Waals surface area contributed by atoms with E-state index in [4.69, 9.17) is 0 Å². The molecule has 2 aromatic carbocycles.